The topological polar surface area (TPSA) is 29.1 Å². The third-order valence-electron chi connectivity index (χ3n) is 2.37. The minimum Gasteiger partial charge on any atom is -0.352 e. The lowest BCUT2D eigenvalue weighted by Crippen LogP contribution is -2.25. The zero-order valence-electron chi connectivity index (χ0n) is 11.3. The van der Waals surface area contributed by atoms with Gasteiger partial charge < -0.3 is 5.32 Å². The molecule has 17 heavy (non-hydrogen) atoms. The molecule has 0 saturated carbocycles. The maximum absolute atomic E-state index is 11.7. The van der Waals surface area contributed by atoms with Crippen LogP contribution in [0.2, 0.25) is 0 Å². The van der Waals surface area contributed by atoms with Crippen LogP contribution in [0.4, 0.5) is 0 Å². The van der Waals surface area contributed by atoms with Crippen LogP contribution in [0.15, 0.2) is 47.6 Å². The quantitative estimate of drug-likeness (QED) is 0.552. The van der Waals surface area contributed by atoms with E-state index in [4.69, 9.17) is 0 Å². The van der Waals surface area contributed by atoms with Crippen LogP contribution >= 0.6 is 0 Å². The van der Waals surface area contributed by atoms with Gasteiger partial charge in [-0.25, -0.2) is 0 Å². The molecule has 0 aliphatic rings. The average molecular weight is 233 g/mol. The summed E-state index contributed by atoms with van der Waals surface area (Å²) in [7, 11) is 0. The molecule has 0 fully saturated rings. The molecule has 2 nitrogen and oxygen atoms in total. The van der Waals surface area contributed by atoms with E-state index in [0.717, 1.165) is 6.42 Å². The van der Waals surface area contributed by atoms with Crippen LogP contribution in [0.25, 0.3) is 0 Å². The molecular formula is C15H23NO. The lowest BCUT2D eigenvalue weighted by molar-refractivity contribution is -0.117. The van der Waals surface area contributed by atoms with Crippen molar-refractivity contribution in [2.45, 2.75) is 34.1 Å². The van der Waals surface area contributed by atoms with Crippen LogP contribution in [-0.4, -0.2) is 12.5 Å². The third-order valence-corrected chi connectivity index (χ3v) is 2.37. The molecule has 0 aromatic rings. The second kappa shape index (κ2) is 9.64. The van der Waals surface area contributed by atoms with Gasteiger partial charge in [0, 0.05) is 12.1 Å². The summed E-state index contributed by atoms with van der Waals surface area (Å²) < 4.78 is 0. The highest BCUT2D eigenvalue weighted by atomic mass is 16.1. The lowest BCUT2D eigenvalue weighted by atomic mass is 10.1. The Morgan fingerprint density at radius 1 is 1.00 bits per heavy atom. The second-order valence-electron chi connectivity index (χ2n) is 3.61. The minimum absolute atomic E-state index is 0.0125. The summed E-state index contributed by atoms with van der Waals surface area (Å²) >= 11 is 0. The van der Waals surface area contributed by atoms with Crippen molar-refractivity contribution in [3.05, 3.63) is 47.6 Å². The van der Waals surface area contributed by atoms with Gasteiger partial charge in [0.05, 0.1) is 0 Å². The summed E-state index contributed by atoms with van der Waals surface area (Å²) in [5, 5.41) is 2.91. The fourth-order valence-corrected chi connectivity index (χ4v) is 1.44. The van der Waals surface area contributed by atoms with Crippen LogP contribution in [0.3, 0.4) is 0 Å². The van der Waals surface area contributed by atoms with E-state index in [-0.39, 0.29) is 5.91 Å². The summed E-state index contributed by atoms with van der Waals surface area (Å²) in [6, 6.07) is 0. The summed E-state index contributed by atoms with van der Waals surface area (Å²) in [6.07, 6.45) is 12.5. The van der Waals surface area contributed by atoms with Gasteiger partial charge in [0.1, 0.15) is 0 Å². The smallest absolute Gasteiger partial charge is 0.250 e. The average Bonchev–Trinajstić information content (AvgIpc) is 2.34. The van der Waals surface area contributed by atoms with E-state index < -0.39 is 0 Å². The van der Waals surface area contributed by atoms with E-state index in [1.54, 1.807) is 0 Å². The maximum atomic E-state index is 11.7. The lowest BCUT2D eigenvalue weighted by Gasteiger charge is -2.06. The van der Waals surface area contributed by atoms with Gasteiger partial charge in [0.15, 0.2) is 0 Å². The van der Waals surface area contributed by atoms with E-state index >= 15 is 0 Å². The number of carbonyl (C=O) groups excluding carboxylic acids is 1. The zero-order valence-corrected chi connectivity index (χ0v) is 11.3. The fraction of sp³-hybridized carbons (Fsp3) is 0.400. The maximum Gasteiger partial charge on any atom is 0.250 e. The molecule has 0 rings (SSSR count). The van der Waals surface area contributed by atoms with Crippen molar-refractivity contribution in [1.82, 2.24) is 5.32 Å². The van der Waals surface area contributed by atoms with Crippen molar-refractivity contribution in [2.75, 3.05) is 6.54 Å². The van der Waals surface area contributed by atoms with Gasteiger partial charge in [-0.1, -0.05) is 42.0 Å². The Hall–Kier alpha value is -1.57. The summed E-state index contributed by atoms with van der Waals surface area (Å²) in [5.74, 6) is -0.0125. The molecule has 0 unspecified atom stereocenters. The molecule has 0 heterocycles. The molecule has 0 saturated heterocycles. The van der Waals surface area contributed by atoms with Crippen molar-refractivity contribution in [1.29, 1.82) is 0 Å². The van der Waals surface area contributed by atoms with E-state index in [0.29, 0.717) is 12.1 Å². The van der Waals surface area contributed by atoms with Crippen LogP contribution in [0.5, 0.6) is 0 Å². The summed E-state index contributed by atoms with van der Waals surface area (Å²) in [5.41, 5.74) is 1.95. The van der Waals surface area contributed by atoms with E-state index in [1.165, 1.54) is 5.57 Å². The van der Waals surface area contributed by atoms with Crippen molar-refractivity contribution in [3.63, 3.8) is 0 Å². The number of rotatable bonds is 6. The highest BCUT2D eigenvalue weighted by Gasteiger charge is 2.03. The first-order valence-corrected chi connectivity index (χ1v) is 6.04. The minimum atomic E-state index is -0.0125. The number of carbonyl (C=O) groups is 1. The van der Waals surface area contributed by atoms with Gasteiger partial charge in [0.2, 0.25) is 0 Å². The molecule has 0 aromatic heterocycles. The number of allylic oxidation sites excluding steroid dienone is 5. The predicted molar refractivity (Wildman–Crippen MR) is 74.8 cm³/mol. The van der Waals surface area contributed by atoms with Crippen molar-refractivity contribution >= 4 is 5.91 Å². The molecule has 94 valence electrons. The Morgan fingerprint density at radius 3 is 2.12 bits per heavy atom. The van der Waals surface area contributed by atoms with E-state index in [9.17, 15) is 4.79 Å². The number of hydrogen-bond donors (Lipinski definition) is 1. The van der Waals surface area contributed by atoms with Gasteiger partial charge in [-0.3, -0.25) is 4.79 Å². The van der Waals surface area contributed by atoms with Crippen LogP contribution in [0.1, 0.15) is 34.1 Å². The zero-order chi connectivity index (χ0) is 13.1. The summed E-state index contributed by atoms with van der Waals surface area (Å²) in [6.45, 7) is 8.44. The fourth-order valence-electron chi connectivity index (χ4n) is 1.44. The van der Waals surface area contributed by atoms with Crippen LogP contribution in [0, 0.1) is 0 Å². The largest absolute Gasteiger partial charge is 0.352 e. The monoisotopic (exact) mass is 233 g/mol. The SMILES string of the molecule is C/C=C\C(=C/C)CCNC(=O)C(/C=C\C)=C/C. The molecule has 2 heteroatoms. The van der Waals surface area contributed by atoms with E-state index in [1.807, 2.05) is 52.0 Å². The molecule has 0 atom stereocenters. The Balaban J connectivity index is 4.17. The normalized spacial score (nSPS) is 13.6. The van der Waals surface area contributed by atoms with Crippen molar-refractivity contribution < 1.29 is 4.79 Å². The van der Waals surface area contributed by atoms with Gasteiger partial charge in [-0.05, 0) is 34.1 Å². The van der Waals surface area contributed by atoms with Gasteiger partial charge >= 0.3 is 0 Å². The van der Waals surface area contributed by atoms with Crippen LogP contribution < -0.4 is 5.32 Å². The molecule has 0 aromatic carbocycles. The summed E-state index contributed by atoms with van der Waals surface area (Å²) in [4.78, 5) is 11.7. The molecule has 0 radical (unpaired) electrons. The van der Waals surface area contributed by atoms with Crippen molar-refractivity contribution in [2.24, 2.45) is 0 Å². The Kier molecular flexibility index (Phi) is 8.75. The molecule has 0 bridgehead atoms. The second-order valence-corrected chi connectivity index (χ2v) is 3.61. The first kappa shape index (κ1) is 15.4. The Bertz CT molecular complexity index is 346. The van der Waals surface area contributed by atoms with Gasteiger partial charge in [-0.15, -0.1) is 0 Å². The molecular weight excluding hydrogens is 210 g/mol. The molecule has 1 amide bonds. The number of nitrogens with one attached hydrogen (secondary N) is 1. The van der Waals surface area contributed by atoms with Crippen LogP contribution in [-0.2, 0) is 4.79 Å². The highest BCUT2D eigenvalue weighted by Crippen LogP contribution is 2.03. The Morgan fingerprint density at radius 2 is 1.65 bits per heavy atom. The van der Waals surface area contributed by atoms with Crippen molar-refractivity contribution in [3.8, 4) is 0 Å². The highest BCUT2D eigenvalue weighted by molar-refractivity contribution is 5.96. The van der Waals surface area contributed by atoms with E-state index in [2.05, 4.69) is 17.5 Å². The number of hydrogen-bond acceptors (Lipinski definition) is 1. The number of amides is 1. The standard InChI is InChI=1S/C15H23NO/c1-5-9-13(7-3)11-12-16-15(17)14(8-4)10-6-2/h5-10H,11-12H2,1-4H3,(H,16,17)/b9-5-,10-6-,13-7+,14-8+. The third kappa shape index (κ3) is 6.56. The van der Waals surface area contributed by atoms with Gasteiger partial charge in [0.25, 0.3) is 5.91 Å². The first-order chi connectivity index (χ1) is 8.19. The molecule has 0 spiro atoms. The Labute approximate surface area is 105 Å². The van der Waals surface area contributed by atoms with Gasteiger partial charge in [-0.2, -0.15) is 0 Å². The molecule has 0 aliphatic carbocycles. The predicted octanol–water partition coefficient (Wildman–Crippen LogP) is 3.54. The molecule has 1 N–H and O–H groups in total. The molecule has 0 aliphatic heterocycles. The first-order valence-electron chi connectivity index (χ1n) is 6.04.